The molecule has 1 heterocycles. The van der Waals surface area contributed by atoms with Crippen molar-refractivity contribution in [2.24, 2.45) is 10.8 Å². The molecule has 1 aromatic heterocycles. The summed E-state index contributed by atoms with van der Waals surface area (Å²) >= 11 is 0. The minimum absolute atomic E-state index is 0.293. The van der Waals surface area contributed by atoms with Gasteiger partial charge in [-0.2, -0.15) is 0 Å². The first-order valence-electron chi connectivity index (χ1n) is 8.19. The van der Waals surface area contributed by atoms with Gasteiger partial charge in [0.05, 0.1) is 0 Å². The summed E-state index contributed by atoms with van der Waals surface area (Å²) in [5, 5.41) is 2.45. The zero-order chi connectivity index (χ0) is 16.0. The van der Waals surface area contributed by atoms with Crippen LogP contribution < -0.4 is 5.46 Å². The third-order valence-corrected chi connectivity index (χ3v) is 5.54. The summed E-state index contributed by atoms with van der Waals surface area (Å²) in [6, 6.07) is 14.8. The first kappa shape index (κ1) is 15.2. The predicted molar refractivity (Wildman–Crippen MR) is 98.5 cm³/mol. The normalized spacial score (nSPS) is 13.0. The zero-order valence-electron chi connectivity index (χ0n) is 14.4. The molecule has 0 aliphatic carbocycles. The van der Waals surface area contributed by atoms with Gasteiger partial charge in [-0.15, -0.1) is 0 Å². The van der Waals surface area contributed by atoms with Crippen LogP contribution in [0.1, 0.15) is 34.6 Å². The second kappa shape index (κ2) is 5.19. The predicted octanol–water partition coefficient (Wildman–Crippen LogP) is 5.14. The van der Waals surface area contributed by atoms with E-state index in [-0.39, 0.29) is 0 Å². The van der Waals surface area contributed by atoms with Crippen molar-refractivity contribution in [3.05, 3.63) is 42.5 Å². The number of para-hydroxylation sites is 2. The maximum Gasteiger partial charge on any atom is 0.163 e. The Morgan fingerprint density at radius 2 is 1.55 bits per heavy atom. The monoisotopic (exact) mass is 292 g/mol. The highest BCUT2D eigenvalue weighted by Crippen LogP contribution is 2.41. The van der Waals surface area contributed by atoms with Crippen molar-refractivity contribution in [3.8, 4) is 0 Å². The second-order valence-corrected chi connectivity index (χ2v) is 8.03. The molecule has 0 atom stereocenters. The van der Waals surface area contributed by atoms with Gasteiger partial charge in [0, 0.05) is 10.8 Å². The number of fused-ring (bicyclic) bond motifs is 3. The molecule has 0 aliphatic rings. The van der Waals surface area contributed by atoms with Crippen molar-refractivity contribution in [2.75, 3.05) is 0 Å². The van der Waals surface area contributed by atoms with Gasteiger partial charge in [0.1, 0.15) is 11.2 Å². The van der Waals surface area contributed by atoms with E-state index in [2.05, 4.69) is 71.0 Å². The SMILES string of the molecule is CC(C)(C)C(C)(C)CBc1cccc2c1oc1ccccc12. The van der Waals surface area contributed by atoms with E-state index >= 15 is 0 Å². The number of rotatable bonds is 3. The second-order valence-electron chi connectivity index (χ2n) is 8.03. The van der Waals surface area contributed by atoms with Gasteiger partial charge in [0.15, 0.2) is 7.28 Å². The Morgan fingerprint density at radius 3 is 2.27 bits per heavy atom. The summed E-state index contributed by atoms with van der Waals surface area (Å²) in [5.41, 5.74) is 3.97. The third-order valence-electron chi connectivity index (χ3n) is 5.54. The molecular weight excluding hydrogens is 267 g/mol. The van der Waals surface area contributed by atoms with Gasteiger partial charge in [-0.25, -0.2) is 0 Å². The zero-order valence-corrected chi connectivity index (χ0v) is 14.4. The summed E-state index contributed by atoms with van der Waals surface area (Å²) in [6.07, 6.45) is 1.16. The molecule has 2 aromatic carbocycles. The van der Waals surface area contributed by atoms with Crippen LogP contribution in [0.5, 0.6) is 0 Å². The molecule has 0 saturated heterocycles. The van der Waals surface area contributed by atoms with Crippen LogP contribution in [0.15, 0.2) is 46.9 Å². The molecule has 0 unspecified atom stereocenters. The van der Waals surface area contributed by atoms with E-state index in [1.807, 2.05) is 6.07 Å². The summed E-state index contributed by atoms with van der Waals surface area (Å²) in [6.45, 7) is 11.7. The molecule has 22 heavy (non-hydrogen) atoms. The van der Waals surface area contributed by atoms with Crippen molar-refractivity contribution >= 4 is 34.7 Å². The van der Waals surface area contributed by atoms with Crippen LogP contribution in [0, 0.1) is 10.8 Å². The van der Waals surface area contributed by atoms with Crippen molar-refractivity contribution < 1.29 is 4.42 Å². The van der Waals surface area contributed by atoms with Crippen LogP contribution in [0.2, 0.25) is 6.32 Å². The molecule has 0 amide bonds. The fourth-order valence-electron chi connectivity index (χ4n) is 2.82. The highest BCUT2D eigenvalue weighted by molar-refractivity contribution is 6.57. The first-order chi connectivity index (χ1) is 10.3. The largest absolute Gasteiger partial charge is 0.457 e. The summed E-state index contributed by atoms with van der Waals surface area (Å²) in [4.78, 5) is 0. The molecule has 0 aliphatic heterocycles. The molecule has 0 spiro atoms. The van der Waals surface area contributed by atoms with E-state index in [4.69, 9.17) is 4.42 Å². The highest BCUT2D eigenvalue weighted by Gasteiger charge is 2.32. The minimum Gasteiger partial charge on any atom is -0.457 e. The maximum atomic E-state index is 6.13. The van der Waals surface area contributed by atoms with Crippen LogP contribution >= 0.6 is 0 Å². The fraction of sp³-hybridized carbons (Fsp3) is 0.400. The standard InChI is InChI=1S/C20H25BO/c1-19(2,3)20(4,5)13-21-16-11-8-10-15-14-9-6-7-12-17(14)22-18(15)16/h6-12,21H,13H2,1-5H3. The molecule has 2 heteroatoms. The minimum atomic E-state index is 0.293. The van der Waals surface area contributed by atoms with E-state index in [1.165, 1.54) is 16.2 Å². The summed E-state index contributed by atoms with van der Waals surface area (Å²) in [7, 11) is 1.06. The lowest BCUT2D eigenvalue weighted by Crippen LogP contribution is -2.33. The van der Waals surface area contributed by atoms with Gasteiger partial charge in [0.2, 0.25) is 0 Å². The molecule has 0 fully saturated rings. The number of hydrogen-bond acceptors (Lipinski definition) is 1. The topological polar surface area (TPSA) is 13.1 Å². The lowest BCUT2D eigenvalue weighted by molar-refractivity contribution is 0.157. The van der Waals surface area contributed by atoms with Gasteiger partial charge in [-0.05, 0) is 22.4 Å². The van der Waals surface area contributed by atoms with Crippen molar-refractivity contribution in [1.29, 1.82) is 0 Å². The van der Waals surface area contributed by atoms with Crippen LogP contribution in [0.3, 0.4) is 0 Å². The van der Waals surface area contributed by atoms with Crippen LogP contribution in [-0.2, 0) is 0 Å². The van der Waals surface area contributed by atoms with Gasteiger partial charge >= 0.3 is 0 Å². The first-order valence-corrected chi connectivity index (χ1v) is 8.19. The summed E-state index contributed by atoms with van der Waals surface area (Å²) in [5.74, 6) is 0. The molecule has 0 saturated carbocycles. The average Bonchev–Trinajstić information content (AvgIpc) is 2.83. The van der Waals surface area contributed by atoms with E-state index in [0.29, 0.717) is 10.8 Å². The van der Waals surface area contributed by atoms with E-state index in [1.54, 1.807) is 0 Å². The highest BCUT2D eigenvalue weighted by atomic mass is 16.3. The van der Waals surface area contributed by atoms with Crippen LogP contribution in [-0.4, -0.2) is 7.28 Å². The Balaban J connectivity index is 1.98. The number of hydrogen-bond donors (Lipinski definition) is 0. The lowest BCUT2D eigenvalue weighted by Gasteiger charge is -2.39. The van der Waals surface area contributed by atoms with Crippen molar-refractivity contribution in [2.45, 2.75) is 40.9 Å². The molecule has 0 N–H and O–H groups in total. The molecule has 1 nitrogen and oxygen atoms in total. The Hall–Kier alpha value is -1.70. The third kappa shape index (κ3) is 2.56. The van der Waals surface area contributed by atoms with Gasteiger partial charge in [-0.1, -0.05) is 77.3 Å². The molecule has 3 aromatic rings. The van der Waals surface area contributed by atoms with Crippen molar-refractivity contribution in [1.82, 2.24) is 0 Å². The molecule has 3 rings (SSSR count). The lowest BCUT2D eigenvalue weighted by atomic mass is 9.53. The molecular formula is C20H25BO. The average molecular weight is 292 g/mol. The Kier molecular flexibility index (Phi) is 3.59. The molecule has 114 valence electrons. The Labute approximate surface area is 133 Å². The smallest absolute Gasteiger partial charge is 0.163 e. The van der Waals surface area contributed by atoms with Crippen LogP contribution in [0.25, 0.3) is 21.9 Å². The van der Waals surface area contributed by atoms with Gasteiger partial charge in [-0.3, -0.25) is 0 Å². The summed E-state index contributed by atoms with van der Waals surface area (Å²) < 4.78 is 6.13. The number of benzene rings is 2. The number of furan rings is 1. The van der Waals surface area contributed by atoms with E-state index in [0.717, 1.165) is 24.8 Å². The molecule has 0 bridgehead atoms. The quantitative estimate of drug-likeness (QED) is 0.609. The molecule has 0 radical (unpaired) electrons. The van der Waals surface area contributed by atoms with Crippen LogP contribution in [0.4, 0.5) is 0 Å². The Morgan fingerprint density at radius 1 is 0.864 bits per heavy atom. The van der Waals surface area contributed by atoms with Crippen molar-refractivity contribution in [3.63, 3.8) is 0 Å². The van der Waals surface area contributed by atoms with Gasteiger partial charge < -0.3 is 4.42 Å². The van der Waals surface area contributed by atoms with Gasteiger partial charge in [0.25, 0.3) is 0 Å². The Bertz CT molecular complexity index is 805. The van der Waals surface area contributed by atoms with E-state index < -0.39 is 0 Å². The van der Waals surface area contributed by atoms with E-state index in [9.17, 15) is 0 Å². The fourth-order valence-corrected chi connectivity index (χ4v) is 2.82. The maximum absolute atomic E-state index is 6.13.